The number of hydrogen-bond donors (Lipinski definition) is 1. The highest BCUT2D eigenvalue weighted by atomic mass is 19.4. The van der Waals surface area contributed by atoms with Crippen LogP contribution in [0.25, 0.3) is 0 Å². The van der Waals surface area contributed by atoms with Gasteiger partial charge in [0.05, 0.1) is 17.3 Å². The molecule has 0 amide bonds. The number of rotatable bonds is 4. The fourth-order valence-electron chi connectivity index (χ4n) is 1.56. The Kier molecular flexibility index (Phi) is 4.45. The molecule has 0 heterocycles. The molecule has 0 saturated carbocycles. The number of nitrogens with zero attached hydrogens (tertiary/aromatic N) is 1. The van der Waals surface area contributed by atoms with Crippen LogP contribution in [-0.2, 0) is 6.18 Å². The topological polar surface area (TPSA) is 58.9 Å². The molecule has 0 aliphatic rings. The van der Waals surface area contributed by atoms with E-state index in [0.717, 1.165) is 12.1 Å². The van der Waals surface area contributed by atoms with Crippen LogP contribution in [0.2, 0.25) is 0 Å². The molecule has 0 atom stereocenters. The maximum absolute atomic E-state index is 12.4. The first-order chi connectivity index (χ1) is 10.4. The molecule has 4 nitrogen and oxygen atoms in total. The second-order valence-corrected chi connectivity index (χ2v) is 4.28. The Hall–Kier alpha value is -2.83. The Balaban J connectivity index is 1.99. The number of carboxylic acid groups (broad SMARTS) is 1. The van der Waals surface area contributed by atoms with Crippen molar-refractivity contribution in [1.29, 1.82) is 0 Å². The van der Waals surface area contributed by atoms with Gasteiger partial charge in [-0.25, -0.2) is 4.79 Å². The first-order valence-electron chi connectivity index (χ1n) is 6.07. The lowest BCUT2D eigenvalue weighted by atomic mass is 10.1. The summed E-state index contributed by atoms with van der Waals surface area (Å²) in [7, 11) is 0. The molecule has 0 bridgehead atoms. The highest BCUT2D eigenvalue weighted by Crippen LogP contribution is 2.28. The van der Waals surface area contributed by atoms with Crippen LogP contribution in [0.3, 0.4) is 0 Å². The highest BCUT2D eigenvalue weighted by molar-refractivity contribution is 5.87. The first kappa shape index (κ1) is 15.6. The summed E-state index contributed by atoms with van der Waals surface area (Å²) in [5.74, 6) is -0.743. The summed E-state index contributed by atoms with van der Waals surface area (Å²) < 4.78 is 37.1. The molecule has 1 N–H and O–H groups in total. The molecule has 0 radical (unpaired) electrons. The SMILES string of the molecule is O=C(O)c1ccc(O/N=C/c2ccc(C(F)(F)F)cc2)cc1. The second kappa shape index (κ2) is 6.30. The van der Waals surface area contributed by atoms with Crippen molar-refractivity contribution in [3.8, 4) is 5.75 Å². The van der Waals surface area contributed by atoms with Gasteiger partial charge in [-0.1, -0.05) is 17.3 Å². The molecule has 0 saturated heterocycles. The summed E-state index contributed by atoms with van der Waals surface area (Å²) in [4.78, 5) is 15.7. The monoisotopic (exact) mass is 309 g/mol. The van der Waals surface area contributed by atoms with Crippen molar-refractivity contribution < 1.29 is 27.9 Å². The molecular weight excluding hydrogens is 299 g/mol. The number of alkyl halides is 3. The van der Waals surface area contributed by atoms with E-state index in [2.05, 4.69) is 5.16 Å². The average molecular weight is 309 g/mol. The van der Waals surface area contributed by atoms with Crippen LogP contribution in [0.15, 0.2) is 53.7 Å². The largest absolute Gasteiger partial charge is 0.478 e. The molecule has 0 aliphatic carbocycles. The minimum absolute atomic E-state index is 0.110. The maximum atomic E-state index is 12.4. The summed E-state index contributed by atoms with van der Waals surface area (Å²) in [6.45, 7) is 0. The van der Waals surface area contributed by atoms with Crippen LogP contribution in [0.1, 0.15) is 21.5 Å². The number of oxime groups is 1. The van der Waals surface area contributed by atoms with Crippen LogP contribution in [0.4, 0.5) is 13.2 Å². The zero-order valence-corrected chi connectivity index (χ0v) is 11.0. The molecule has 7 heteroatoms. The lowest BCUT2D eigenvalue weighted by molar-refractivity contribution is -0.137. The van der Waals surface area contributed by atoms with Crippen LogP contribution in [0.5, 0.6) is 5.75 Å². The van der Waals surface area contributed by atoms with E-state index in [1.54, 1.807) is 0 Å². The molecule has 0 aromatic heterocycles. The van der Waals surface area contributed by atoms with E-state index in [1.165, 1.54) is 42.6 Å². The Morgan fingerprint density at radius 3 is 2.14 bits per heavy atom. The number of benzene rings is 2. The molecule has 2 aromatic carbocycles. The average Bonchev–Trinajstić information content (AvgIpc) is 2.47. The van der Waals surface area contributed by atoms with Gasteiger partial charge in [0.2, 0.25) is 0 Å². The van der Waals surface area contributed by atoms with Gasteiger partial charge < -0.3 is 9.94 Å². The van der Waals surface area contributed by atoms with Crippen LogP contribution < -0.4 is 4.84 Å². The van der Waals surface area contributed by atoms with Gasteiger partial charge in [0, 0.05) is 0 Å². The number of carbonyl (C=O) groups is 1. The number of carboxylic acids is 1. The smallest absolute Gasteiger partial charge is 0.416 e. The quantitative estimate of drug-likeness (QED) is 0.690. The van der Waals surface area contributed by atoms with E-state index in [0.29, 0.717) is 11.3 Å². The van der Waals surface area contributed by atoms with Crippen molar-refractivity contribution in [2.75, 3.05) is 0 Å². The minimum Gasteiger partial charge on any atom is -0.478 e. The molecule has 0 unspecified atom stereocenters. The molecule has 0 aliphatic heterocycles. The van der Waals surface area contributed by atoms with E-state index >= 15 is 0 Å². The Bertz CT molecular complexity index is 677. The highest BCUT2D eigenvalue weighted by Gasteiger charge is 2.29. The van der Waals surface area contributed by atoms with Crippen LogP contribution >= 0.6 is 0 Å². The van der Waals surface area contributed by atoms with Gasteiger partial charge in [-0.3, -0.25) is 0 Å². The van der Waals surface area contributed by atoms with E-state index < -0.39 is 17.7 Å². The molecule has 22 heavy (non-hydrogen) atoms. The van der Waals surface area contributed by atoms with Gasteiger partial charge >= 0.3 is 12.1 Å². The van der Waals surface area contributed by atoms with Gasteiger partial charge in [-0.2, -0.15) is 13.2 Å². The predicted molar refractivity (Wildman–Crippen MR) is 73.1 cm³/mol. The zero-order valence-electron chi connectivity index (χ0n) is 11.0. The first-order valence-corrected chi connectivity index (χ1v) is 6.07. The van der Waals surface area contributed by atoms with E-state index in [-0.39, 0.29) is 5.56 Å². The fourth-order valence-corrected chi connectivity index (χ4v) is 1.56. The predicted octanol–water partition coefficient (Wildman–Crippen LogP) is 3.82. The summed E-state index contributed by atoms with van der Waals surface area (Å²) in [5, 5.41) is 12.4. The third-order valence-corrected chi connectivity index (χ3v) is 2.70. The van der Waals surface area contributed by atoms with Crippen molar-refractivity contribution in [3.05, 3.63) is 65.2 Å². The Morgan fingerprint density at radius 1 is 1.05 bits per heavy atom. The summed E-state index contributed by atoms with van der Waals surface area (Å²) in [6, 6.07) is 9.98. The van der Waals surface area contributed by atoms with Crippen LogP contribution in [0, 0.1) is 0 Å². The minimum atomic E-state index is -4.38. The van der Waals surface area contributed by atoms with Gasteiger partial charge in [0.15, 0.2) is 5.75 Å². The summed E-state index contributed by atoms with van der Waals surface area (Å²) in [5.41, 5.74) is -0.191. The molecular formula is C15H10F3NO3. The third-order valence-electron chi connectivity index (χ3n) is 2.70. The van der Waals surface area contributed by atoms with Crippen molar-refractivity contribution in [2.24, 2.45) is 5.16 Å². The molecule has 114 valence electrons. The van der Waals surface area contributed by atoms with E-state index in [4.69, 9.17) is 9.94 Å². The van der Waals surface area contributed by atoms with Gasteiger partial charge in [0.1, 0.15) is 0 Å². The molecule has 0 fully saturated rings. The Morgan fingerprint density at radius 2 is 1.64 bits per heavy atom. The number of hydrogen-bond acceptors (Lipinski definition) is 3. The van der Waals surface area contributed by atoms with Gasteiger partial charge in [-0.05, 0) is 42.0 Å². The van der Waals surface area contributed by atoms with Crippen molar-refractivity contribution in [1.82, 2.24) is 0 Å². The second-order valence-electron chi connectivity index (χ2n) is 4.28. The normalized spacial score (nSPS) is 11.6. The standard InChI is InChI=1S/C15H10F3NO3/c16-15(17,18)12-5-1-10(2-6-12)9-19-22-13-7-3-11(4-8-13)14(20)21/h1-9H,(H,20,21)/b19-9+. The third kappa shape index (κ3) is 4.08. The lowest BCUT2D eigenvalue weighted by Gasteiger charge is -2.05. The van der Waals surface area contributed by atoms with E-state index in [1.807, 2.05) is 0 Å². The lowest BCUT2D eigenvalue weighted by Crippen LogP contribution is -2.04. The molecule has 2 rings (SSSR count). The Labute approximate surface area is 123 Å². The molecule has 2 aromatic rings. The van der Waals surface area contributed by atoms with Gasteiger partial charge in [-0.15, -0.1) is 0 Å². The van der Waals surface area contributed by atoms with Crippen LogP contribution in [-0.4, -0.2) is 17.3 Å². The summed E-state index contributed by atoms with van der Waals surface area (Å²) in [6.07, 6.45) is -3.12. The molecule has 0 spiro atoms. The van der Waals surface area contributed by atoms with Gasteiger partial charge in [0.25, 0.3) is 0 Å². The zero-order chi connectivity index (χ0) is 16.2. The maximum Gasteiger partial charge on any atom is 0.416 e. The van der Waals surface area contributed by atoms with Crippen molar-refractivity contribution in [3.63, 3.8) is 0 Å². The van der Waals surface area contributed by atoms with E-state index in [9.17, 15) is 18.0 Å². The summed E-state index contributed by atoms with van der Waals surface area (Å²) >= 11 is 0. The van der Waals surface area contributed by atoms with Crippen molar-refractivity contribution in [2.45, 2.75) is 6.18 Å². The van der Waals surface area contributed by atoms with Crippen molar-refractivity contribution >= 4 is 12.2 Å². The fraction of sp³-hybridized carbons (Fsp3) is 0.0667. The number of halogens is 3. The number of aromatic carboxylic acids is 1.